The van der Waals surface area contributed by atoms with Gasteiger partial charge >= 0.3 is 0 Å². The van der Waals surface area contributed by atoms with Crippen molar-refractivity contribution in [2.75, 3.05) is 19.8 Å². The van der Waals surface area contributed by atoms with E-state index < -0.39 is 45.2 Å². The minimum absolute atomic E-state index is 0.0953. The fraction of sp³-hybridized carbons (Fsp3) is 0.364. The number of rotatable bonds is 7. The van der Waals surface area contributed by atoms with Crippen molar-refractivity contribution in [3.05, 3.63) is 29.6 Å². The van der Waals surface area contributed by atoms with Crippen molar-refractivity contribution in [1.82, 2.24) is 5.32 Å². The molecule has 0 atom stereocenters. The Labute approximate surface area is 119 Å². The van der Waals surface area contributed by atoms with Gasteiger partial charge in [0.1, 0.15) is 12.4 Å². The molecule has 0 aromatic heterocycles. The van der Waals surface area contributed by atoms with Crippen LogP contribution in [0.15, 0.2) is 23.1 Å². The van der Waals surface area contributed by atoms with E-state index in [2.05, 4.69) is 10.1 Å². The summed E-state index contributed by atoms with van der Waals surface area (Å²) in [6.07, 6.45) is -2.61. The minimum Gasteiger partial charge on any atom is -0.374 e. The zero-order valence-electron chi connectivity index (χ0n) is 10.7. The maximum absolute atomic E-state index is 13.6. The predicted octanol–water partition coefficient (Wildman–Crippen LogP) is 0.485. The largest absolute Gasteiger partial charge is 0.374 e. The Morgan fingerprint density at radius 3 is 2.57 bits per heavy atom. The van der Waals surface area contributed by atoms with E-state index in [9.17, 15) is 26.4 Å². The van der Waals surface area contributed by atoms with Gasteiger partial charge in [-0.3, -0.25) is 4.79 Å². The molecule has 0 heterocycles. The van der Waals surface area contributed by atoms with Crippen LogP contribution in [0.4, 0.5) is 13.2 Å². The van der Waals surface area contributed by atoms with E-state index in [1.54, 1.807) is 0 Å². The number of hydrogen-bond donors (Lipinski definition) is 2. The Bertz CT molecular complexity index is 607. The number of primary sulfonamides is 1. The fourth-order valence-electron chi connectivity index (χ4n) is 1.36. The lowest BCUT2D eigenvalue weighted by Crippen LogP contribution is -2.28. The first kappa shape index (κ1) is 17.4. The molecule has 1 amide bonds. The standard InChI is InChI=1S/C11H13F3N2O4S/c12-9-5-7(21(15,18)19)1-2-8(9)11(17)16-3-4-20-6-10(13)14/h1-2,5,10H,3-4,6H2,(H,16,17)(H2,15,18,19). The van der Waals surface area contributed by atoms with Crippen LogP contribution < -0.4 is 10.5 Å². The van der Waals surface area contributed by atoms with Crippen molar-refractivity contribution in [3.8, 4) is 0 Å². The lowest BCUT2D eigenvalue weighted by molar-refractivity contribution is 0.0188. The van der Waals surface area contributed by atoms with Gasteiger partial charge in [0.05, 0.1) is 17.1 Å². The van der Waals surface area contributed by atoms with Crippen molar-refractivity contribution in [3.63, 3.8) is 0 Å². The van der Waals surface area contributed by atoms with Crippen LogP contribution in [0.5, 0.6) is 0 Å². The number of carbonyl (C=O) groups excluding carboxylic acids is 1. The summed E-state index contributed by atoms with van der Waals surface area (Å²) in [5.41, 5.74) is -0.392. The molecule has 3 N–H and O–H groups in total. The Kier molecular flexibility index (Phi) is 6.12. The van der Waals surface area contributed by atoms with E-state index in [-0.39, 0.29) is 13.2 Å². The topological polar surface area (TPSA) is 98.5 Å². The number of sulfonamides is 1. The van der Waals surface area contributed by atoms with E-state index in [0.29, 0.717) is 6.07 Å². The summed E-state index contributed by atoms with van der Waals surface area (Å²) in [5, 5.41) is 7.06. The molecule has 0 unspecified atom stereocenters. The number of benzene rings is 1. The van der Waals surface area contributed by atoms with E-state index in [4.69, 9.17) is 5.14 Å². The average Bonchev–Trinajstić information content (AvgIpc) is 2.36. The van der Waals surface area contributed by atoms with Crippen LogP contribution in [0.1, 0.15) is 10.4 Å². The van der Waals surface area contributed by atoms with Gasteiger partial charge in [0.15, 0.2) is 0 Å². The van der Waals surface area contributed by atoms with Gasteiger partial charge in [-0.25, -0.2) is 26.7 Å². The lowest BCUT2D eigenvalue weighted by Gasteiger charge is -2.07. The summed E-state index contributed by atoms with van der Waals surface area (Å²) in [7, 11) is -4.06. The normalized spacial score (nSPS) is 11.7. The minimum atomic E-state index is -4.06. The molecule has 1 aromatic carbocycles. The molecule has 6 nitrogen and oxygen atoms in total. The summed E-state index contributed by atoms with van der Waals surface area (Å²) in [4.78, 5) is 11.1. The van der Waals surface area contributed by atoms with Crippen molar-refractivity contribution in [2.24, 2.45) is 5.14 Å². The van der Waals surface area contributed by atoms with E-state index >= 15 is 0 Å². The highest BCUT2D eigenvalue weighted by atomic mass is 32.2. The number of carbonyl (C=O) groups is 1. The third-order valence-corrected chi connectivity index (χ3v) is 3.20. The number of amides is 1. The lowest BCUT2D eigenvalue weighted by atomic mass is 10.2. The molecular weight excluding hydrogens is 313 g/mol. The number of nitrogens with two attached hydrogens (primary N) is 1. The van der Waals surface area contributed by atoms with E-state index in [1.807, 2.05) is 0 Å². The third-order valence-electron chi connectivity index (χ3n) is 2.29. The highest BCUT2D eigenvalue weighted by molar-refractivity contribution is 7.89. The Morgan fingerprint density at radius 2 is 2.05 bits per heavy atom. The third kappa shape index (κ3) is 5.69. The number of nitrogens with one attached hydrogen (secondary N) is 1. The van der Waals surface area contributed by atoms with Gasteiger partial charge in [-0.2, -0.15) is 0 Å². The quantitative estimate of drug-likeness (QED) is 0.712. The molecule has 21 heavy (non-hydrogen) atoms. The zero-order chi connectivity index (χ0) is 16.0. The average molecular weight is 326 g/mol. The van der Waals surface area contributed by atoms with Crippen LogP contribution in [0.3, 0.4) is 0 Å². The van der Waals surface area contributed by atoms with Crippen LogP contribution in [0, 0.1) is 5.82 Å². The molecule has 0 saturated heterocycles. The molecule has 0 radical (unpaired) electrons. The fourth-order valence-corrected chi connectivity index (χ4v) is 1.89. The molecule has 0 fully saturated rings. The molecule has 0 bridgehead atoms. The maximum atomic E-state index is 13.6. The van der Waals surface area contributed by atoms with Gasteiger partial charge in [0, 0.05) is 6.54 Å². The number of alkyl halides is 2. The van der Waals surface area contributed by atoms with E-state index in [0.717, 1.165) is 12.1 Å². The van der Waals surface area contributed by atoms with E-state index in [1.165, 1.54) is 0 Å². The number of ether oxygens (including phenoxy) is 1. The Morgan fingerprint density at radius 1 is 1.38 bits per heavy atom. The highest BCUT2D eigenvalue weighted by Crippen LogP contribution is 2.13. The second-order valence-electron chi connectivity index (χ2n) is 3.91. The SMILES string of the molecule is NS(=O)(=O)c1ccc(C(=O)NCCOCC(F)F)c(F)c1. The first-order valence-electron chi connectivity index (χ1n) is 5.68. The van der Waals surface area contributed by atoms with Gasteiger partial charge in [0.25, 0.3) is 12.3 Å². The van der Waals surface area contributed by atoms with Gasteiger partial charge in [-0.05, 0) is 18.2 Å². The molecule has 0 aliphatic carbocycles. The molecular formula is C11H13F3N2O4S. The molecule has 1 rings (SSSR count). The van der Waals surface area contributed by atoms with Crippen LogP contribution in [0.25, 0.3) is 0 Å². The van der Waals surface area contributed by atoms with Crippen molar-refractivity contribution in [2.45, 2.75) is 11.3 Å². The molecule has 1 aromatic rings. The second kappa shape index (κ2) is 7.38. The molecule has 0 spiro atoms. The zero-order valence-corrected chi connectivity index (χ0v) is 11.5. The van der Waals surface area contributed by atoms with Crippen LogP contribution >= 0.6 is 0 Å². The number of halogens is 3. The first-order chi connectivity index (χ1) is 9.71. The summed E-state index contributed by atoms with van der Waals surface area (Å²) >= 11 is 0. The molecule has 10 heteroatoms. The van der Waals surface area contributed by atoms with Gasteiger partial charge in [0.2, 0.25) is 10.0 Å². The summed E-state index contributed by atoms with van der Waals surface area (Å²) in [5.74, 6) is -1.89. The summed E-state index contributed by atoms with van der Waals surface area (Å²) in [6, 6.07) is 2.57. The van der Waals surface area contributed by atoms with Crippen molar-refractivity contribution in [1.29, 1.82) is 0 Å². The van der Waals surface area contributed by atoms with Gasteiger partial charge in [-0.15, -0.1) is 0 Å². The van der Waals surface area contributed by atoms with Gasteiger partial charge in [-0.1, -0.05) is 0 Å². The maximum Gasteiger partial charge on any atom is 0.261 e. The smallest absolute Gasteiger partial charge is 0.261 e. The van der Waals surface area contributed by atoms with Crippen LogP contribution in [-0.4, -0.2) is 40.5 Å². The summed E-state index contributed by atoms with van der Waals surface area (Å²) in [6.45, 7) is -1.01. The van der Waals surface area contributed by atoms with Crippen molar-refractivity contribution >= 4 is 15.9 Å². The first-order valence-corrected chi connectivity index (χ1v) is 7.23. The molecule has 0 aliphatic heterocycles. The summed E-state index contributed by atoms with van der Waals surface area (Å²) < 4.78 is 63.6. The van der Waals surface area contributed by atoms with Crippen LogP contribution in [-0.2, 0) is 14.8 Å². The molecule has 0 saturated carbocycles. The van der Waals surface area contributed by atoms with Crippen molar-refractivity contribution < 1.29 is 31.1 Å². The van der Waals surface area contributed by atoms with Crippen LogP contribution in [0.2, 0.25) is 0 Å². The predicted molar refractivity (Wildman–Crippen MR) is 66.9 cm³/mol. The molecule has 118 valence electrons. The number of hydrogen-bond acceptors (Lipinski definition) is 4. The second-order valence-corrected chi connectivity index (χ2v) is 5.47. The molecule has 0 aliphatic rings. The van der Waals surface area contributed by atoms with Gasteiger partial charge < -0.3 is 10.1 Å². The Hall–Kier alpha value is -1.65. The monoisotopic (exact) mass is 326 g/mol. The highest BCUT2D eigenvalue weighted by Gasteiger charge is 2.15. The Balaban J connectivity index is 2.59.